The number of hydrogen-bond acceptors (Lipinski definition) is 3. The molecule has 3 aromatic carbocycles. The zero-order chi connectivity index (χ0) is 19.6. The van der Waals surface area contributed by atoms with Crippen molar-refractivity contribution in [3.8, 4) is 0 Å². The van der Waals surface area contributed by atoms with Crippen LogP contribution in [0.2, 0.25) is 10.0 Å². The van der Waals surface area contributed by atoms with E-state index in [1.165, 1.54) is 30.3 Å². The summed E-state index contributed by atoms with van der Waals surface area (Å²) in [5.74, 6) is -0.760. The van der Waals surface area contributed by atoms with Gasteiger partial charge in [-0.05, 0) is 49.4 Å². The minimum atomic E-state index is -4.15. The highest BCUT2D eigenvalue weighted by Gasteiger charge is 2.32. The third-order valence-corrected chi connectivity index (χ3v) is 6.17. The van der Waals surface area contributed by atoms with E-state index in [1.807, 2.05) is 6.92 Å². The summed E-state index contributed by atoms with van der Waals surface area (Å²) in [4.78, 5) is 13.2. The maximum absolute atomic E-state index is 13.2. The van der Waals surface area contributed by atoms with Crippen LogP contribution < -0.4 is 4.31 Å². The smallest absolute Gasteiger partial charge is 0.268 e. The molecular weight excluding hydrogens is 405 g/mol. The van der Waals surface area contributed by atoms with E-state index in [-0.39, 0.29) is 21.2 Å². The molecule has 0 aromatic heterocycles. The second-order valence-corrected chi connectivity index (χ2v) is 8.48. The standard InChI is InChI=1S/C20H15Cl2NO3S/c1-14-7-10-16(11-8-14)23(27(25,26)17-5-3-2-4-6-17)20(24)18-12-9-15(21)13-19(18)22/h2-13H,1H3. The summed E-state index contributed by atoms with van der Waals surface area (Å²) in [6.07, 6.45) is 0. The van der Waals surface area contributed by atoms with Crippen LogP contribution in [0.4, 0.5) is 5.69 Å². The lowest BCUT2D eigenvalue weighted by molar-refractivity contribution is 0.101. The van der Waals surface area contributed by atoms with Gasteiger partial charge >= 0.3 is 0 Å². The first kappa shape index (κ1) is 19.4. The quantitative estimate of drug-likeness (QED) is 0.573. The Kier molecular flexibility index (Phi) is 5.56. The second kappa shape index (κ2) is 7.72. The molecule has 7 heteroatoms. The average molecular weight is 420 g/mol. The van der Waals surface area contributed by atoms with Gasteiger partial charge in [-0.15, -0.1) is 0 Å². The van der Waals surface area contributed by atoms with Crippen LogP contribution in [0.25, 0.3) is 0 Å². The van der Waals surface area contributed by atoms with E-state index in [9.17, 15) is 13.2 Å². The summed E-state index contributed by atoms with van der Waals surface area (Å²) in [6, 6.07) is 18.7. The molecule has 138 valence electrons. The van der Waals surface area contributed by atoms with Crippen LogP contribution in [0.3, 0.4) is 0 Å². The molecule has 27 heavy (non-hydrogen) atoms. The number of carbonyl (C=O) groups excluding carboxylic acids is 1. The molecule has 0 bridgehead atoms. The first-order valence-corrected chi connectivity index (χ1v) is 10.2. The zero-order valence-electron chi connectivity index (χ0n) is 14.3. The van der Waals surface area contributed by atoms with Gasteiger partial charge in [-0.2, -0.15) is 4.31 Å². The Morgan fingerprint density at radius 2 is 1.52 bits per heavy atom. The van der Waals surface area contributed by atoms with E-state index in [0.29, 0.717) is 5.02 Å². The summed E-state index contributed by atoms with van der Waals surface area (Å²) in [5, 5.41) is 0.428. The Hall–Kier alpha value is -2.34. The van der Waals surface area contributed by atoms with E-state index in [1.54, 1.807) is 42.5 Å². The van der Waals surface area contributed by atoms with Gasteiger partial charge in [0, 0.05) is 5.02 Å². The number of hydrogen-bond donors (Lipinski definition) is 0. The molecular formula is C20H15Cl2NO3S. The minimum Gasteiger partial charge on any atom is -0.268 e. The number of sulfonamides is 1. The largest absolute Gasteiger partial charge is 0.273 e. The number of aryl methyl sites for hydroxylation is 1. The Morgan fingerprint density at radius 1 is 0.889 bits per heavy atom. The molecule has 0 saturated carbocycles. The summed E-state index contributed by atoms with van der Waals surface area (Å²) in [6.45, 7) is 1.87. The van der Waals surface area contributed by atoms with Crippen LogP contribution in [0, 0.1) is 6.92 Å². The van der Waals surface area contributed by atoms with Gasteiger partial charge in [-0.1, -0.05) is 59.1 Å². The molecule has 0 saturated heterocycles. The molecule has 0 heterocycles. The van der Waals surface area contributed by atoms with E-state index in [2.05, 4.69) is 0 Å². The van der Waals surface area contributed by atoms with Gasteiger partial charge in [-0.3, -0.25) is 4.79 Å². The predicted molar refractivity (Wildman–Crippen MR) is 108 cm³/mol. The van der Waals surface area contributed by atoms with Gasteiger partial charge in [0.05, 0.1) is 21.2 Å². The van der Waals surface area contributed by atoms with E-state index in [4.69, 9.17) is 23.2 Å². The van der Waals surface area contributed by atoms with Crippen molar-refractivity contribution in [1.82, 2.24) is 0 Å². The summed E-state index contributed by atoms with van der Waals surface area (Å²) < 4.78 is 27.3. The number of benzene rings is 3. The molecule has 0 N–H and O–H groups in total. The molecule has 0 radical (unpaired) electrons. The topological polar surface area (TPSA) is 54.5 Å². The maximum Gasteiger partial charge on any atom is 0.273 e. The summed E-state index contributed by atoms with van der Waals surface area (Å²) >= 11 is 12.0. The maximum atomic E-state index is 13.2. The molecule has 0 aliphatic heterocycles. The number of halogens is 2. The summed E-state index contributed by atoms with van der Waals surface area (Å²) in [5.41, 5.74) is 1.20. The second-order valence-electron chi connectivity index (χ2n) is 5.85. The van der Waals surface area contributed by atoms with Crippen LogP contribution in [-0.2, 0) is 10.0 Å². The van der Waals surface area contributed by atoms with Crippen LogP contribution in [-0.4, -0.2) is 14.3 Å². The van der Waals surface area contributed by atoms with Crippen molar-refractivity contribution in [2.75, 3.05) is 4.31 Å². The fourth-order valence-corrected chi connectivity index (χ4v) is 4.43. The van der Waals surface area contributed by atoms with Crippen molar-refractivity contribution in [2.24, 2.45) is 0 Å². The van der Waals surface area contributed by atoms with Gasteiger partial charge in [0.25, 0.3) is 15.9 Å². The van der Waals surface area contributed by atoms with Crippen LogP contribution in [0.5, 0.6) is 0 Å². The number of nitrogens with zero attached hydrogens (tertiary/aromatic N) is 1. The van der Waals surface area contributed by atoms with Crippen molar-refractivity contribution in [3.05, 3.63) is 94.0 Å². The number of carbonyl (C=O) groups is 1. The van der Waals surface area contributed by atoms with Crippen molar-refractivity contribution >= 4 is 44.8 Å². The molecule has 0 aliphatic rings. The third kappa shape index (κ3) is 4.00. The van der Waals surface area contributed by atoms with Crippen molar-refractivity contribution in [3.63, 3.8) is 0 Å². The number of anilines is 1. The molecule has 0 aliphatic carbocycles. The van der Waals surface area contributed by atoms with Crippen LogP contribution >= 0.6 is 23.2 Å². The molecule has 1 amide bonds. The molecule has 3 rings (SSSR count). The minimum absolute atomic E-state index is 0.00371. The van der Waals surface area contributed by atoms with Crippen LogP contribution in [0.1, 0.15) is 15.9 Å². The molecule has 0 atom stereocenters. The van der Waals surface area contributed by atoms with Crippen molar-refractivity contribution in [2.45, 2.75) is 11.8 Å². The Bertz CT molecular complexity index is 1080. The molecule has 0 spiro atoms. The number of rotatable bonds is 4. The van der Waals surface area contributed by atoms with Gasteiger partial charge in [0.15, 0.2) is 0 Å². The van der Waals surface area contributed by atoms with Crippen LogP contribution in [0.15, 0.2) is 77.7 Å². The van der Waals surface area contributed by atoms with Gasteiger partial charge in [0.2, 0.25) is 0 Å². The molecule has 0 unspecified atom stereocenters. The lowest BCUT2D eigenvalue weighted by atomic mass is 10.2. The first-order chi connectivity index (χ1) is 12.8. The lowest BCUT2D eigenvalue weighted by Gasteiger charge is -2.23. The highest BCUT2D eigenvalue weighted by atomic mass is 35.5. The van der Waals surface area contributed by atoms with Gasteiger partial charge in [0.1, 0.15) is 0 Å². The number of amides is 1. The normalized spacial score (nSPS) is 11.2. The monoisotopic (exact) mass is 419 g/mol. The molecule has 0 fully saturated rings. The van der Waals surface area contributed by atoms with Crippen molar-refractivity contribution < 1.29 is 13.2 Å². The Labute approximate surface area is 168 Å². The SMILES string of the molecule is Cc1ccc(N(C(=O)c2ccc(Cl)cc2Cl)S(=O)(=O)c2ccccc2)cc1. The van der Waals surface area contributed by atoms with E-state index < -0.39 is 15.9 Å². The van der Waals surface area contributed by atoms with Gasteiger partial charge in [-0.25, -0.2) is 8.42 Å². The van der Waals surface area contributed by atoms with Crippen molar-refractivity contribution in [1.29, 1.82) is 0 Å². The molecule has 3 aromatic rings. The fraction of sp³-hybridized carbons (Fsp3) is 0.0500. The molecule has 4 nitrogen and oxygen atoms in total. The third-order valence-electron chi connectivity index (χ3n) is 3.90. The average Bonchev–Trinajstić information content (AvgIpc) is 2.64. The Morgan fingerprint density at radius 3 is 2.11 bits per heavy atom. The zero-order valence-corrected chi connectivity index (χ0v) is 16.6. The fourth-order valence-electron chi connectivity index (χ4n) is 2.52. The highest BCUT2D eigenvalue weighted by Crippen LogP contribution is 2.29. The first-order valence-electron chi connectivity index (χ1n) is 7.97. The summed E-state index contributed by atoms with van der Waals surface area (Å²) in [7, 11) is -4.15. The Balaban J connectivity index is 2.19. The van der Waals surface area contributed by atoms with E-state index in [0.717, 1.165) is 9.87 Å². The lowest BCUT2D eigenvalue weighted by Crippen LogP contribution is -2.37. The van der Waals surface area contributed by atoms with E-state index >= 15 is 0 Å². The predicted octanol–water partition coefficient (Wildman–Crippen LogP) is 5.34. The van der Waals surface area contributed by atoms with Gasteiger partial charge < -0.3 is 0 Å². The highest BCUT2D eigenvalue weighted by molar-refractivity contribution is 7.93.